The molecule has 0 saturated carbocycles. The molecular formula is C14H19NO2. The number of carboxylic acid groups (broad SMARTS) is 1. The van der Waals surface area contributed by atoms with Gasteiger partial charge in [0, 0.05) is 6.04 Å². The van der Waals surface area contributed by atoms with Crippen LogP contribution in [0.1, 0.15) is 35.6 Å². The van der Waals surface area contributed by atoms with Crippen molar-refractivity contribution >= 4 is 5.97 Å². The number of piperidine rings is 1. The normalized spacial score (nSPS) is 24.6. The topological polar surface area (TPSA) is 49.3 Å². The Bertz CT molecular complexity index is 428. The molecule has 1 aromatic carbocycles. The Morgan fingerprint density at radius 1 is 1.41 bits per heavy atom. The molecule has 92 valence electrons. The largest absolute Gasteiger partial charge is 0.481 e. The van der Waals surface area contributed by atoms with Crippen LogP contribution < -0.4 is 5.32 Å². The van der Waals surface area contributed by atoms with Gasteiger partial charge in [-0.15, -0.1) is 0 Å². The van der Waals surface area contributed by atoms with Gasteiger partial charge in [-0.2, -0.15) is 0 Å². The van der Waals surface area contributed by atoms with Crippen molar-refractivity contribution < 1.29 is 9.90 Å². The second-order valence-electron chi connectivity index (χ2n) is 4.88. The summed E-state index contributed by atoms with van der Waals surface area (Å²) >= 11 is 0. The molecule has 2 rings (SSSR count). The molecule has 1 aliphatic heterocycles. The minimum absolute atomic E-state index is 0.0406. The number of carboxylic acids is 1. The summed E-state index contributed by atoms with van der Waals surface area (Å²) in [6, 6.07) is 6.20. The lowest BCUT2D eigenvalue weighted by atomic mass is 9.84. The molecule has 0 spiro atoms. The molecule has 1 heterocycles. The molecule has 3 heteroatoms. The van der Waals surface area contributed by atoms with Gasteiger partial charge in [0.25, 0.3) is 0 Å². The number of nitrogens with one attached hydrogen (secondary N) is 1. The summed E-state index contributed by atoms with van der Waals surface area (Å²) in [4.78, 5) is 11.3. The summed E-state index contributed by atoms with van der Waals surface area (Å²) in [5.74, 6) is -0.993. The van der Waals surface area contributed by atoms with Gasteiger partial charge in [0.05, 0.1) is 5.92 Å². The average molecular weight is 233 g/mol. The van der Waals surface area contributed by atoms with Gasteiger partial charge in [-0.1, -0.05) is 23.8 Å². The first kappa shape index (κ1) is 12.1. The molecular weight excluding hydrogens is 214 g/mol. The Morgan fingerprint density at radius 3 is 2.88 bits per heavy atom. The zero-order valence-corrected chi connectivity index (χ0v) is 10.4. The van der Waals surface area contributed by atoms with Crippen molar-refractivity contribution in [2.24, 2.45) is 5.92 Å². The molecule has 0 bridgehead atoms. The highest BCUT2D eigenvalue weighted by Crippen LogP contribution is 2.31. The third kappa shape index (κ3) is 2.50. The first-order chi connectivity index (χ1) is 8.09. The second-order valence-corrected chi connectivity index (χ2v) is 4.88. The predicted molar refractivity (Wildman–Crippen MR) is 67.0 cm³/mol. The first-order valence-corrected chi connectivity index (χ1v) is 6.13. The Morgan fingerprint density at radius 2 is 2.18 bits per heavy atom. The van der Waals surface area contributed by atoms with Crippen LogP contribution >= 0.6 is 0 Å². The molecule has 0 aliphatic carbocycles. The van der Waals surface area contributed by atoms with Crippen LogP contribution in [0.2, 0.25) is 0 Å². The van der Waals surface area contributed by atoms with Crippen LogP contribution in [0.25, 0.3) is 0 Å². The zero-order valence-electron chi connectivity index (χ0n) is 10.4. The summed E-state index contributed by atoms with van der Waals surface area (Å²) in [6.07, 6.45) is 1.71. The van der Waals surface area contributed by atoms with Gasteiger partial charge in [0.15, 0.2) is 0 Å². The van der Waals surface area contributed by atoms with Crippen molar-refractivity contribution in [3.63, 3.8) is 0 Å². The summed E-state index contributed by atoms with van der Waals surface area (Å²) in [5, 5.41) is 12.6. The van der Waals surface area contributed by atoms with Crippen LogP contribution in [0.15, 0.2) is 18.2 Å². The molecule has 0 radical (unpaired) electrons. The summed E-state index contributed by atoms with van der Waals surface area (Å²) in [6.45, 7) is 4.99. The van der Waals surface area contributed by atoms with Crippen LogP contribution in [0, 0.1) is 19.8 Å². The Kier molecular flexibility index (Phi) is 3.48. The van der Waals surface area contributed by atoms with Crippen molar-refractivity contribution in [2.45, 2.75) is 32.7 Å². The van der Waals surface area contributed by atoms with Crippen LogP contribution in [0.4, 0.5) is 0 Å². The maximum atomic E-state index is 11.3. The van der Waals surface area contributed by atoms with Crippen molar-refractivity contribution in [1.29, 1.82) is 0 Å². The van der Waals surface area contributed by atoms with Gasteiger partial charge in [-0.3, -0.25) is 4.79 Å². The Balaban J connectivity index is 2.35. The molecule has 0 aromatic heterocycles. The van der Waals surface area contributed by atoms with E-state index >= 15 is 0 Å². The second kappa shape index (κ2) is 4.88. The fraction of sp³-hybridized carbons (Fsp3) is 0.500. The van der Waals surface area contributed by atoms with Crippen molar-refractivity contribution in [3.05, 3.63) is 34.9 Å². The van der Waals surface area contributed by atoms with Gasteiger partial charge in [0.1, 0.15) is 0 Å². The van der Waals surface area contributed by atoms with E-state index in [4.69, 9.17) is 0 Å². The summed E-state index contributed by atoms with van der Waals surface area (Å²) in [5.41, 5.74) is 3.49. The van der Waals surface area contributed by atoms with Gasteiger partial charge in [-0.05, 0) is 44.4 Å². The van der Waals surface area contributed by atoms with E-state index < -0.39 is 5.97 Å². The monoisotopic (exact) mass is 233 g/mol. The van der Waals surface area contributed by atoms with Crippen molar-refractivity contribution in [1.82, 2.24) is 5.32 Å². The quantitative estimate of drug-likeness (QED) is 0.824. The Hall–Kier alpha value is -1.35. The number of benzene rings is 1. The number of hydrogen-bond acceptors (Lipinski definition) is 2. The van der Waals surface area contributed by atoms with Gasteiger partial charge in [-0.25, -0.2) is 0 Å². The lowest BCUT2D eigenvalue weighted by Crippen LogP contribution is -2.38. The standard InChI is InChI=1S/C14H19NO2/c1-9-5-6-10(2)12(8-9)13-11(14(16)17)4-3-7-15-13/h5-6,8,11,13,15H,3-4,7H2,1-2H3,(H,16,17)/t11-,13-/m0/s1. The molecule has 1 fully saturated rings. The molecule has 0 amide bonds. The van der Waals surface area contributed by atoms with E-state index in [1.165, 1.54) is 11.1 Å². The highest BCUT2D eigenvalue weighted by Gasteiger charge is 2.32. The third-order valence-corrected chi connectivity index (χ3v) is 3.55. The van der Waals surface area contributed by atoms with Crippen LogP contribution in [-0.4, -0.2) is 17.6 Å². The molecule has 2 atom stereocenters. The van der Waals surface area contributed by atoms with Crippen LogP contribution in [-0.2, 0) is 4.79 Å². The van der Waals surface area contributed by atoms with Gasteiger partial charge >= 0.3 is 5.97 Å². The van der Waals surface area contributed by atoms with Crippen molar-refractivity contribution in [2.75, 3.05) is 6.54 Å². The van der Waals surface area contributed by atoms with Crippen molar-refractivity contribution in [3.8, 4) is 0 Å². The van der Waals surface area contributed by atoms with E-state index in [1.54, 1.807) is 0 Å². The number of hydrogen-bond donors (Lipinski definition) is 2. The number of aryl methyl sites for hydroxylation is 2. The predicted octanol–water partition coefficient (Wildman–Crippen LogP) is 2.43. The van der Waals surface area contributed by atoms with Crippen LogP contribution in [0.5, 0.6) is 0 Å². The third-order valence-electron chi connectivity index (χ3n) is 3.55. The molecule has 17 heavy (non-hydrogen) atoms. The van der Waals surface area contributed by atoms with E-state index in [0.717, 1.165) is 24.9 Å². The fourth-order valence-electron chi connectivity index (χ4n) is 2.58. The summed E-state index contributed by atoms with van der Waals surface area (Å²) < 4.78 is 0. The van der Waals surface area contributed by atoms with E-state index in [-0.39, 0.29) is 12.0 Å². The lowest BCUT2D eigenvalue weighted by molar-refractivity contribution is -0.143. The molecule has 3 nitrogen and oxygen atoms in total. The van der Waals surface area contributed by atoms with Gasteiger partial charge < -0.3 is 10.4 Å². The van der Waals surface area contributed by atoms with E-state index in [2.05, 4.69) is 23.5 Å². The number of rotatable bonds is 2. The number of carbonyl (C=O) groups is 1. The summed E-state index contributed by atoms with van der Waals surface area (Å²) in [7, 11) is 0. The smallest absolute Gasteiger partial charge is 0.308 e. The zero-order chi connectivity index (χ0) is 12.4. The highest BCUT2D eigenvalue weighted by molar-refractivity contribution is 5.71. The SMILES string of the molecule is Cc1ccc(C)c([C@H]2NCCC[C@@H]2C(=O)O)c1. The minimum Gasteiger partial charge on any atom is -0.481 e. The number of aliphatic carboxylic acids is 1. The van der Waals surface area contributed by atoms with Gasteiger partial charge in [0.2, 0.25) is 0 Å². The molecule has 1 aromatic rings. The first-order valence-electron chi connectivity index (χ1n) is 6.13. The minimum atomic E-state index is -0.692. The van der Waals surface area contributed by atoms with Crippen LogP contribution in [0.3, 0.4) is 0 Å². The van der Waals surface area contributed by atoms with E-state index in [9.17, 15) is 9.90 Å². The Labute approximate surface area is 102 Å². The highest BCUT2D eigenvalue weighted by atomic mass is 16.4. The fourth-order valence-corrected chi connectivity index (χ4v) is 2.58. The lowest BCUT2D eigenvalue weighted by Gasteiger charge is -2.31. The molecule has 1 saturated heterocycles. The molecule has 1 aliphatic rings. The maximum absolute atomic E-state index is 11.3. The van der Waals surface area contributed by atoms with E-state index in [0.29, 0.717) is 0 Å². The average Bonchev–Trinajstić information content (AvgIpc) is 2.32. The van der Waals surface area contributed by atoms with E-state index in [1.807, 2.05) is 13.8 Å². The molecule has 2 N–H and O–H groups in total. The maximum Gasteiger partial charge on any atom is 0.308 e. The molecule has 0 unspecified atom stereocenters.